The fourth-order valence-corrected chi connectivity index (χ4v) is 3.61. The second kappa shape index (κ2) is 10.8. The number of fused-ring (bicyclic) bond motifs is 1. The minimum Gasteiger partial charge on any atom is -0.480 e. The smallest absolute Gasteiger partial charge is 0.326 e. The van der Waals surface area contributed by atoms with Gasteiger partial charge in [0.25, 0.3) is 0 Å². The van der Waals surface area contributed by atoms with Crippen molar-refractivity contribution in [2.75, 3.05) is 0 Å². The van der Waals surface area contributed by atoms with E-state index in [1.165, 1.54) is 6.92 Å². The molecule has 0 spiro atoms. The molecule has 0 aliphatic rings. The number of nitrogens with one attached hydrogen (secondary N) is 3. The first-order chi connectivity index (χ1) is 15.8. The number of aliphatic carboxylic acids is 1. The Morgan fingerprint density at radius 2 is 1.64 bits per heavy atom. The molecule has 2 amide bonds. The van der Waals surface area contributed by atoms with E-state index in [1.807, 2.05) is 54.6 Å². The van der Waals surface area contributed by atoms with Gasteiger partial charge in [0.2, 0.25) is 11.8 Å². The predicted molar refractivity (Wildman–Crippen MR) is 123 cm³/mol. The molecule has 1 aromatic heterocycles. The number of carboxylic acid groups (broad SMARTS) is 1. The lowest BCUT2D eigenvalue weighted by atomic mass is 10.0. The zero-order valence-corrected chi connectivity index (χ0v) is 18.2. The third-order valence-corrected chi connectivity index (χ3v) is 5.41. The lowest BCUT2D eigenvalue weighted by molar-refractivity contribution is -0.142. The molecule has 0 unspecified atom stereocenters. The standard InChI is InChI=1S/C24H28N4O5/c1-14(29)21(28-22(30)18(25)11-15-7-3-2-4-8-15)23(31)27-20(24(32)33)12-16-13-26-19-10-6-5-9-17(16)19/h2-10,13-14,18,20-21,26,29H,11-12,25H2,1H3,(H,27,31)(H,28,30)(H,32,33)/t14-,18+,20+,21+/m1/s1. The Morgan fingerprint density at radius 1 is 0.970 bits per heavy atom. The zero-order valence-electron chi connectivity index (χ0n) is 18.2. The number of para-hydroxylation sites is 1. The molecule has 1 heterocycles. The van der Waals surface area contributed by atoms with E-state index in [9.17, 15) is 24.6 Å². The van der Waals surface area contributed by atoms with Crippen molar-refractivity contribution in [1.82, 2.24) is 15.6 Å². The quantitative estimate of drug-likeness (QED) is 0.266. The maximum Gasteiger partial charge on any atom is 0.326 e. The van der Waals surface area contributed by atoms with Gasteiger partial charge in [-0.05, 0) is 30.5 Å². The maximum atomic E-state index is 12.8. The third-order valence-electron chi connectivity index (χ3n) is 5.41. The van der Waals surface area contributed by atoms with Crippen LogP contribution in [-0.2, 0) is 27.2 Å². The van der Waals surface area contributed by atoms with E-state index >= 15 is 0 Å². The Morgan fingerprint density at radius 3 is 2.30 bits per heavy atom. The number of carbonyl (C=O) groups is 3. The summed E-state index contributed by atoms with van der Waals surface area (Å²) in [4.78, 5) is 40.2. The van der Waals surface area contributed by atoms with Crippen LogP contribution in [-0.4, -0.2) is 57.2 Å². The molecule has 0 aliphatic heterocycles. The lowest BCUT2D eigenvalue weighted by Crippen LogP contribution is -2.58. The molecule has 4 atom stereocenters. The van der Waals surface area contributed by atoms with Gasteiger partial charge in [-0.25, -0.2) is 4.79 Å². The Labute approximate surface area is 191 Å². The summed E-state index contributed by atoms with van der Waals surface area (Å²) in [5.41, 5.74) is 8.39. The van der Waals surface area contributed by atoms with E-state index in [1.54, 1.807) is 6.20 Å². The number of aliphatic hydroxyl groups is 1. The number of nitrogens with two attached hydrogens (primary N) is 1. The highest BCUT2D eigenvalue weighted by Gasteiger charge is 2.31. The highest BCUT2D eigenvalue weighted by molar-refractivity contribution is 5.92. The molecular formula is C24H28N4O5. The van der Waals surface area contributed by atoms with Crippen LogP contribution in [0, 0.1) is 0 Å². The molecule has 0 aliphatic carbocycles. The van der Waals surface area contributed by atoms with Gasteiger partial charge in [0.05, 0.1) is 12.1 Å². The molecule has 0 saturated carbocycles. The van der Waals surface area contributed by atoms with Crippen LogP contribution in [0.15, 0.2) is 60.8 Å². The summed E-state index contributed by atoms with van der Waals surface area (Å²) in [7, 11) is 0. The van der Waals surface area contributed by atoms with Gasteiger partial charge in [-0.1, -0.05) is 48.5 Å². The molecule has 9 nitrogen and oxygen atoms in total. The normalized spacial score (nSPS) is 14.8. The van der Waals surface area contributed by atoms with Crippen LogP contribution in [0.1, 0.15) is 18.1 Å². The first kappa shape index (κ1) is 24.0. The van der Waals surface area contributed by atoms with E-state index < -0.39 is 42.0 Å². The average Bonchev–Trinajstić information content (AvgIpc) is 3.20. The van der Waals surface area contributed by atoms with E-state index in [4.69, 9.17) is 5.73 Å². The molecule has 0 fully saturated rings. The number of carbonyl (C=O) groups excluding carboxylic acids is 2. The first-order valence-corrected chi connectivity index (χ1v) is 10.6. The molecular weight excluding hydrogens is 424 g/mol. The zero-order chi connectivity index (χ0) is 24.0. The summed E-state index contributed by atoms with van der Waals surface area (Å²) in [5.74, 6) is -2.66. The number of rotatable bonds is 10. The fourth-order valence-electron chi connectivity index (χ4n) is 3.61. The molecule has 33 heavy (non-hydrogen) atoms. The fraction of sp³-hybridized carbons (Fsp3) is 0.292. The van der Waals surface area contributed by atoms with Gasteiger partial charge in [-0.15, -0.1) is 0 Å². The second-order valence-corrected chi connectivity index (χ2v) is 7.99. The third kappa shape index (κ3) is 6.18. The summed E-state index contributed by atoms with van der Waals surface area (Å²) >= 11 is 0. The largest absolute Gasteiger partial charge is 0.480 e. The average molecular weight is 453 g/mol. The van der Waals surface area contributed by atoms with Crippen molar-refractivity contribution < 1.29 is 24.6 Å². The Bertz CT molecular complexity index is 1110. The topological polar surface area (TPSA) is 158 Å². The molecule has 9 heteroatoms. The summed E-state index contributed by atoms with van der Waals surface area (Å²) in [6.45, 7) is 1.34. The van der Waals surface area contributed by atoms with Crippen molar-refractivity contribution in [2.24, 2.45) is 5.73 Å². The van der Waals surface area contributed by atoms with E-state index in [2.05, 4.69) is 15.6 Å². The van der Waals surface area contributed by atoms with Gasteiger partial charge in [0.1, 0.15) is 12.1 Å². The number of aliphatic hydroxyl groups excluding tert-OH is 1. The van der Waals surface area contributed by atoms with Gasteiger partial charge < -0.3 is 31.6 Å². The van der Waals surface area contributed by atoms with Gasteiger partial charge >= 0.3 is 5.97 Å². The van der Waals surface area contributed by atoms with Gasteiger partial charge in [0, 0.05) is 23.5 Å². The van der Waals surface area contributed by atoms with Crippen LogP contribution in [0.25, 0.3) is 10.9 Å². The molecule has 3 aromatic rings. The molecule has 0 saturated heterocycles. The molecule has 0 radical (unpaired) electrons. The molecule has 7 N–H and O–H groups in total. The van der Waals surface area contributed by atoms with Crippen LogP contribution in [0.2, 0.25) is 0 Å². The van der Waals surface area contributed by atoms with E-state index in [0.29, 0.717) is 0 Å². The van der Waals surface area contributed by atoms with Crippen LogP contribution < -0.4 is 16.4 Å². The van der Waals surface area contributed by atoms with Gasteiger partial charge in [-0.2, -0.15) is 0 Å². The minimum atomic E-state index is -1.36. The number of benzene rings is 2. The summed E-state index contributed by atoms with van der Waals surface area (Å²) in [5, 5.41) is 25.5. The highest BCUT2D eigenvalue weighted by Crippen LogP contribution is 2.19. The summed E-state index contributed by atoms with van der Waals surface area (Å²) < 4.78 is 0. The Balaban J connectivity index is 1.67. The van der Waals surface area contributed by atoms with Crippen molar-refractivity contribution in [3.05, 3.63) is 71.9 Å². The molecule has 174 valence electrons. The number of hydrogen-bond donors (Lipinski definition) is 6. The van der Waals surface area contributed by atoms with Crippen LogP contribution in [0.4, 0.5) is 0 Å². The number of aromatic nitrogens is 1. The monoisotopic (exact) mass is 452 g/mol. The number of amides is 2. The van der Waals surface area contributed by atoms with E-state index in [-0.39, 0.29) is 12.8 Å². The van der Waals surface area contributed by atoms with Crippen molar-refractivity contribution >= 4 is 28.7 Å². The molecule has 0 bridgehead atoms. The number of aromatic amines is 1. The van der Waals surface area contributed by atoms with Crippen molar-refractivity contribution in [1.29, 1.82) is 0 Å². The molecule has 3 rings (SSSR count). The van der Waals surface area contributed by atoms with Gasteiger partial charge in [-0.3, -0.25) is 9.59 Å². The maximum absolute atomic E-state index is 12.8. The minimum absolute atomic E-state index is 0.0269. The SMILES string of the molecule is C[C@@H](O)[C@H](NC(=O)[C@@H](N)Cc1ccccc1)C(=O)N[C@@H](Cc1c[nH]c2ccccc12)C(=O)O. The number of H-pyrrole nitrogens is 1. The Hall–Kier alpha value is -3.69. The lowest BCUT2D eigenvalue weighted by Gasteiger charge is -2.24. The Kier molecular flexibility index (Phi) is 7.81. The number of hydrogen-bond acceptors (Lipinski definition) is 5. The van der Waals surface area contributed by atoms with Crippen molar-refractivity contribution in [3.63, 3.8) is 0 Å². The second-order valence-electron chi connectivity index (χ2n) is 7.99. The summed E-state index contributed by atoms with van der Waals surface area (Å²) in [6.07, 6.45) is 0.710. The van der Waals surface area contributed by atoms with Crippen molar-refractivity contribution in [2.45, 2.75) is 44.0 Å². The van der Waals surface area contributed by atoms with Crippen LogP contribution in [0.5, 0.6) is 0 Å². The summed E-state index contributed by atoms with van der Waals surface area (Å²) in [6, 6.07) is 13.0. The van der Waals surface area contributed by atoms with Crippen LogP contribution in [0.3, 0.4) is 0 Å². The highest BCUT2D eigenvalue weighted by atomic mass is 16.4. The predicted octanol–water partition coefficient (Wildman–Crippen LogP) is 0.715. The number of carboxylic acids is 1. The van der Waals surface area contributed by atoms with Crippen LogP contribution >= 0.6 is 0 Å². The van der Waals surface area contributed by atoms with Crippen molar-refractivity contribution in [3.8, 4) is 0 Å². The first-order valence-electron chi connectivity index (χ1n) is 10.6. The van der Waals surface area contributed by atoms with Gasteiger partial charge in [0.15, 0.2) is 0 Å². The van der Waals surface area contributed by atoms with E-state index in [0.717, 1.165) is 22.0 Å². The molecule has 2 aromatic carbocycles.